The Morgan fingerprint density at radius 1 is 0.943 bits per heavy atom. The normalized spacial score (nSPS) is 22.7. The van der Waals surface area contributed by atoms with Crippen LogP contribution in [-0.2, 0) is 18.9 Å². The number of aromatic nitrogens is 2. The van der Waals surface area contributed by atoms with Gasteiger partial charge < -0.3 is 15.3 Å². The minimum Gasteiger partial charge on any atom is -0.390 e. The Balaban J connectivity index is 1.36. The van der Waals surface area contributed by atoms with Crippen LogP contribution in [0, 0.1) is 0 Å². The first-order valence-electron chi connectivity index (χ1n) is 11.1. The summed E-state index contributed by atoms with van der Waals surface area (Å²) in [5.74, 6) is -0.701. The molecule has 4 rings (SSSR count). The average molecular weight is 524 g/mol. The molecule has 2 N–H and O–H groups in total. The first-order valence-corrected chi connectivity index (χ1v) is 11.5. The van der Waals surface area contributed by atoms with Crippen LogP contribution in [0.1, 0.15) is 29.8 Å². The number of anilines is 1. The molecule has 35 heavy (non-hydrogen) atoms. The lowest BCUT2D eigenvalue weighted by atomic mass is 10.0. The zero-order valence-corrected chi connectivity index (χ0v) is 19.2. The first-order chi connectivity index (χ1) is 16.4. The van der Waals surface area contributed by atoms with Crippen molar-refractivity contribution in [3.05, 3.63) is 52.3 Å². The van der Waals surface area contributed by atoms with E-state index in [1.165, 1.54) is 0 Å². The smallest absolute Gasteiger partial charge is 0.390 e. The minimum atomic E-state index is -5.06. The molecule has 0 aliphatic carbocycles. The molecule has 2 aliphatic rings. The molecule has 2 aliphatic heterocycles. The second kappa shape index (κ2) is 10.1. The van der Waals surface area contributed by atoms with Gasteiger partial charge in [0.05, 0.1) is 12.1 Å². The molecular weight excluding hydrogens is 500 g/mol. The van der Waals surface area contributed by atoms with Crippen molar-refractivity contribution in [2.45, 2.75) is 49.9 Å². The average Bonchev–Trinajstić information content (AvgIpc) is 3.15. The van der Waals surface area contributed by atoms with Crippen molar-refractivity contribution in [2.24, 2.45) is 0 Å². The molecule has 192 valence electrons. The van der Waals surface area contributed by atoms with E-state index in [9.17, 15) is 31.4 Å². The van der Waals surface area contributed by atoms with Crippen LogP contribution in [0.25, 0.3) is 0 Å². The molecule has 3 heterocycles. The number of benzene rings is 1. The molecule has 2 fully saturated rings. The van der Waals surface area contributed by atoms with Crippen LogP contribution in [0.5, 0.6) is 0 Å². The van der Waals surface area contributed by atoms with E-state index in [0.717, 1.165) is 42.9 Å². The van der Waals surface area contributed by atoms with Gasteiger partial charge in [-0.25, -0.2) is 9.97 Å². The van der Waals surface area contributed by atoms with E-state index in [4.69, 9.17) is 11.6 Å². The number of aliphatic hydroxyl groups excluding tert-OH is 1. The van der Waals surface area contributed by atoms with Gasteiger partial charge in [-0.15, -0.1) is 0 Å². The summed E-state index contributed by atoms with van der Waals surface area (Å²) in [4.78, 5) is 10.1. The molecule has 0 saturated carbocycles. The highest BCUT2D eigenvalue weighted by molar-refractivity contribution is 6.30. The number of nitrogens with one attached hydrogen (secondary N) is 1. The Labute approximate surface area is 202 Å². The fraction of sp³-hybridized carbons (Fsp3) is 0.545. The molecule has 13 heteroatoms. The highest BCUT2D eigenvalue weighted by Crippen LogP contribution is 2.35. The van der Waals surface area contributed by atoms with Gasteiger partial charge in [-0.05, 0) is 49.7 Å². The van der Waals surface area contributed by atoms with Crippen LogP contribution in [-0.4, -0.2) is 64.3 Å². The number of β-amino-alcohol motifs (C(OH)–C–C–N with tert-alkyl or cyclic N) is 1. The Morgan fingerprint density at radius 3 is 2.06 bits per heavy atom. The van der Waals surface area contributed by atoms with Crippen LogP contribution in [0.15, 0.2) is 30.3 Å². The molecule has 0 radical (unpaired) electrons. The minimum absolute atomic E-state index is 0.00916. The predicted molar refractivity (Wildman–Crippen MR) is 117 cm³/mol. The first kappa shape index (κ1) is 25.9. The van der Waals surface area contributed by atoms with E-state index >= 15 is 0 Å². The summed E-state index contributed by atoms with van der Waals surface area (Å²) in [5.41, 5.74) is -2.20. The van der Waals surface area contributed by atoms with Crippen molar-refractivity contribution in [3.63, 3.8) is 0 Å². The van der Waals surface area contributed by atoms with Crippen molar-refractivity contribution < 1.29 is 31.4 Å². The van der Waals surface area contributed by atoms with Crippen LogP contribution in [0.2, 0.25) is 5.02 Å². The molecule has 0 bridgehead atoms. The lowest BCUT2D eigenvalue weighted by Crippen LogP contribution is -2.49. The van der Waals surface area contributed by atoms with Crippen molar-refractivity contribution in [1.82, 2.24) is 20.2 Å². The SMILES string of the molecule is O[C@@H]1CN(c2nc(C(F)(F)F)cc(C(F)(F)F)n2)CC1NC1CCN(Cc2ccc(Cl)cc2)CC1. The third kappa shape index (κ3) is 6.54. The van der Waals surface area contributed by atoms with Crippen LogP contribution < -0.4 is 10.2 Å². The number of alkyl halides is 6. The van der Waals surface area contributed by atoms with Crippen molar-refractivity contribution in [1.29, 1.82) is 0 Å². The third-order valence-corrected chi connectivity index (χ3v) is 6.48. The van der Waals surface area contributed by atoms with E-state index < -0.39 is 41.8 Å². The van der Waals surface area contributed by atoms with E-state index in [0.29, 0.717) is 5.02 Å². The number of piperidine rings is 1. The van der Waals surface area contributed by atoms with Gasteiger partial charge in [0.25, 0.3) is 0 Å². The second-order valence-electron chi connectivity index (χ2n) is 8.86. The molecule has 1 aromatic heterocycles. The van der Waals surface area contributed by atoms with Crippen molar-refractivity contribution >= 4 is 17.5 Å². The maximum Gasteiger partial charge on any atom is 0.433 e. The molecule has 2 saturated heterocycles. The zero-order valence-electron chi connectivity index (χ0n) is 18.5. The Morgan fingerprint density at radius 2 is 1.51 bits per heavy atom. The molecule has 0 amide bonds. The number of rotatable bonds is 5. The van der Waals surface area contributed by atoms with Crippen LogP contribution in [0.3, 0.4) is 0 Å². The zero-order chi connectivity index (χ0) is 25.4. The molecular formula is C22H24ClF6N5O. The summed E-state index contributed by atoms with van der Waals surface area (Å²) < 4.78 is 78.7. The number of halogens is 7. The maximum atomic E-state index is 13.1. The number of likely N-dealkylation sites (tertiary alicyclic amines) is 1. The molecule has 1 aromatic carbocycles. The van der Waals surface area contributed by atoms with Gasteiger partial charge in [-0.2, -0.15) is 26.3 Å². The summed E-state index contributed by atoms with van der Waals surface area (Å²) >= 11 is 5.92. The quantitative estimate of drug-likeness (QED) is 0.578. The number of hydrogen-bond donors (Lipinski definition) is 2. The lowest BCUT2D eigenvalue weighted by Gasteiger charge is -2.34. The highest BCUT2D eigenvalue weighted by atomic mass is 35.5. The van der Waals surface area contributed by atoms with Gasteiger partial charge in [0, 0.05) is 30.7 Å². The fourth-order valence-corrected chi connectivity index (χ4v) is 4.51. The van der Waals surface area contributed by atoms with Crippen molar-refractivity contribution in [3.8, 4) is 0 Å². The number of aliphatic hydroxyl groups is 1. The topological polar surface area (TPSA) is 64.5 Å². The van der Waals surface area contributed by atoms with Crippen LogP contribution in [0.4, 0.5) is 32.3 Å². The van der Waals surface area contributed by atoms with E-state index in [1.54, 1.807) is 0 Å². The van der Waals surface area contributed by atoms with E-state index in [-0.39, 0.29) is 25.2 Å². The van der Waals surface area contributed by atoms with Gasteiger partial charge >= 0.3 is 12.4 Å². The van der Waals surface area contributed by atoms with Crippen molar-refractivity contribution in [2.75, 3.05) is 31.1 Å². The summed E-state index contributed by atoms with van der Waals surface area (Å²) in [5, 5.41) is 14.4. The highest BCUT2D eigenvalue weighted by Gasteiger charge is 2.42. The second-order valence-corrected chi connectivity index (χ2v) is 9.29. The Kier molecular flexibility index (Phi) is 7.46. The summed E-state index contributed by atoms with van der Waals surface area (Å²) in [7, 11) is 0. The fourth-order valence-electron chi connectivity index (χ4n) is 4.39. The predicted octanol–water partition coefficient (Wildman–Crippen LogP) is 3.97. The molecule has 2 atom stereocenters. The lowest BCUT2D eigenvalue weighted by molar-refractivity contribution is -0.147. The largest absolute Gasteiger partial charge is 0.433 e. The van der Waals surface area contributed by atoms with Gasteiger partial charge in [-0.3, -0.25) is 4.90 Å². The standard InChI is InChI=1S/C22H24ClF6N5O/c23-14-3-1-13(2-4-14)10-33-7-5-15(6-8-33)30-16-11-34(12-17(16)35)20-31-18(21(24,25)26)9-19(32-20)22(27,28)29/h1-4,9,15-17,30,35H,5-8,10-12H2/t16?,17-/m1/s1. The monoisotopic (exact) mass is 523 g/mol. The summed E-state index contributed by atoms with van der Waals surface area (Å²) in [6.45, 7) is 2.20. The van der Waals surface area contributed by atoms with E-state index in [2.05, 4.69) is 20.2 Å². The van der Waals surface area contributed by atoms with Gasteiger partial charge in [0.1, 0.15) is 0 Å². The summed E-state index contributed by atoms with van der Waals surface area (Å²) in [6, 6.07) is 7.03. The van der Waals surface area contributed by atoms with Gasteiger partial charge in [0.2, 0.25) is 5.95 Å². The number of hydrogen-bond acceptors (Lipinski definition) is 6. The van der Waals surface area contributed by atoms with Gasteiger partial charge in [0.15, 0.2) is 11.4 Å². The molecule has 2 aromatic rings. The van der Waals surface area contributed by atoms with E-state index in [1.807, 2.05) is 24.3 Å². The Hall–Kier alpha value is -2.15. The molecule has 1 unspecified atom stereocenters. The molecule has 6 nitrogen and oxygen atoms in total. The molecule has 0 spiro atoms. The number of nitrogens with zero attached hydrogens (tertiary/aromatic N) is 4. The van der Waals surface area contributed by atoms with Crippen LogP contribution >= 0.6 is 11.6 Å². The van der Waals surface area contributed by atoms with Gasteiger partial charge in [-0.1, -0.05) is 23.7 Å². The Bertz CT molecular complexity index is 979. The maximum absolute atomic E-state index is 13.1. The summed E-state index contributed by atoms with van der Waals surface area (Å²) in [6.07, 6.45) is -9.54. The third-order valence-electron chi connectivity index (χ3n) is 6.22.